The molecule has 0 aliphatic carbocycles. The molecule has 0 radical (unpaired) electrons. The summed E-state index contributed by atoms with van der Waals surface area (Å²) >= 11 is 0. The highest BCUT2D eigenvalue weighted by Gasteiger charge is 2.39. The fraction of sp³-hybridized carbons (Fsp3) is 0.545. The summed E-state index contributed by atoms with van der Waals surface area (Å²) in [6.45, 7) is 16.5. The van der Waals surface area contributed by atoms with Crippen molar-refractivity contribution in [2.75, 3.05) is 49.3 Å². The van der Waals surface area contributed by atoms with Crippen molar-refractivity contribution < 1.29 is 24.0 Å². The topological polar surface area (TPSA) is 185 Å². The average molecular weight is 826 g/mol. The van der Waals surface area contributed by atoms with Crippen LogP contribution in [0.3, 0.4) is 0 Å². The van der Waals surface area contributed by atoms with Crippen LogP contribution in [0.2, 0.25) is 0 Å². The number of likely N-dealkylation sites (N-methyl/N-ethyl adjacent to an activating group) is 1. The number of likely N-dealkylation sites (tertiary alicyclic amines) is 1. The van der Waals surface area contributed by atoms with Crippen LogP contribution in [0.4, 0.5) is 27.9 Å². The number of urea groups is 1. The number of carbonyl (C=O) groups excluding carboxylic acids is 5. The number of nitrogens with zero attached hydrogens (tertiary/aromatic N) is 7. The van der Waals surface area contributed by atoms with Crippen LogP contribution < -0.4 is 31.1 Å². The molecular formula is C44H63N11O5. The van der Waals surface area contributed by atoms with Crippen LogP contribution in [0.5, 0.6) is 0 Å². The Hall–Kier alpha value is -5.64. The van der Waals surface area contributed by atoms with Gasteiger partial charge in [0.25, 0.3) is 5.91 Å². The molecule has 5 rings (SSSR count). The Kier molecular flexibility index (Phi) is 14.5. The second-order valence-electron chi connectivity index (χ2n) is 17.4. The van der Waals surface area contributed by atoms with Crippen molar-refractivity contribution in [2.45, 2.75) is 111 Å². The van der Waals surface area contributed by atoms with Crippen molar-refractivity contribution in [3.63, 3.8) is 0 Å². The maximum absolute atomic E-state index is 14.0. The number of hydrogen-bond donors (Lipinski definition) is 4. The Labute approximate surface area is 354 Å². The zero-order valence-corrected chi connectivity index (χ0v) is 37.0. The molecule has 0 saturated carbocycles. The van der Waals surface area contributed by atoms with E-state index in [4.69, 9.17) is 0 Å². The third-order valence-electron chi connectivity index (χ3n) is 11.4. The molecule has 1 aromatic carbocycles. The van der Waals surface area contributed by atoms with Crippen molar-refractivity contribution >= 4 is 52.8 Å². The first kappa shape index (κ1) is 45.4. The third-order valence-corrected chi connectivity index (χ3v) is 11.4. The molecule has 6 amide bonds. The van der Waals surface area contributed by atoms with E-state index in [9.17, 15) is 24.0 Å². The van der Waals surface area contributed by atoms with Gasteiger partial charge in [-0.2, -0.15) is 4.98 Å². The summed E-state index contributed by atoms with van der Waals surface area (Å²) in [5.41, 5.74) is 2.91. The Morgan fingerprint density at radius 1 is 1.00 bits per heavy atom. The third kappa shape index (κ3) is 10.7. The summed E-state index contributed by atoms with van der Waals surface area (Å²) < 4.78 is 0. The van der Waals surface area contributed by atoms with Gasteiger partial charge < -0.3 is 26.2 Å². The van der Waals surface area contributed by atoms with E-state index in [1.165, 1.54) is 9.80 Å². The van der Waals surface area contributed by atoms with Gasteiger partial charge in [0.15, 0.2) is 0 Å². The SMILES string of the molecule is CC[C@H](C)[C@@H](CN1CCC[C@H]1C(=O)NC(C)(C)C(=O)N[C@@H](CC(C)C)C(=O)N(C)C)NC(=O)c1ccc(C)c(N2Cc3cnc(Nc4ccc(C)nc4)nc3N(C)C2=O)c1. The Bertz CT molecular complexity index is 2050. The first-order chi connectivity index (χ1) is 28.3. The zero-order chi connectivity index (χ0) is 44.1. The maximum atomic E-state index is 14.0. The highest BCUT2D eigenvalue weighted by atomic mass is 16.2. The number of rotatable bonds is 16. The molecule has 16 heteroatoms. The molecule has 4 atom stereocenters. The highest BCUT2D eigenvalue weighted by Crippen LogP contribution is 2.33. The molecule has 16 nitrogen and oxygen atoms in total. The Morgan fingerprint density at radius 3 is 2.38 bits per heavy atom. The molecule has 2 aliphatic rings. The number of aryl methyl sites for hydroxylation is 2. The number of benzene rings is 1. The van der Waals surface area contributed by atoms with Gasteiger partial charge in [0.05, 0.1) is 24.5 Å². The number of fused-ring (bicyclic) bond motifs is 1. The van der Waals surface area contributed by atoms with E-state index in [1.54, 1.807) is 64.4 Å². The predicted molar refractivity (Wildman–Crippen MR) is 233 cm³/mol. The smallest absolute Gasteiger partial charge is 0.330 e. The van der Waals surface area contributed by atoms with Gasteiger partial charge >= 0.3 is 6.03 Å². The fourth-order valence-corrected chi connectivity index (χ4v) is 7.56. The van der Waals surface area contributed by atoms with E-state index < -0.39 is 23.5 Å². The van der Waals surface area contributed by atoms with Crippen LogP contribution >= 0.6 is 0 Å². The summed E-state index contributed by atoms with van der Waals surface area (Å²) in [6.07, 6.45) is 6.05. The fourth-order valence-electron chi connectivity index (χ4n) is 7.56. The van der Waals surface area contributed by atoms with E-state index in [2.05, 4.69) is 55.0 Å². The number of hydrogen-bond acceptors (Lipinski definition) is 10. The van der Waals surface area contributed by atoms with Crippen molar-refractivity contribution in [3.8, 4) is 0 Å². The zero-order valence-electron chi connectivity index (χ0n) is 37.0. The van der Waals surface area contributed by atoms with Crippen molar-refractivity contribution in [1.82, 2.24) is 40.7 Å². The summed E-state index contributed by atoms with van der Waals surface area (Å²) in [5.74, 6) is -0.111. The standard InChI is InChI=1S/C44H63N11O5/c1-12-27(4)34(25-54-19-13-14-35(54)39(57)51-44(7,8)41(59)49-33(20-26(2)3)40(58)52(9)10)48-38(56)30-17-15-28(5)36(21-30)55-24-31-22-46-42(50-37(31)53(11)43(55)60)47-32-18-16-29(6)45-23-32/h15-18,21-23,26-27,33-35H,12-14,19-20,24-25H2,1-11H3,(H,48,56)(H,49,59)(H,51,57)(H,46,47,50)/t27-,33-,34+,35-/m0/s1. The number of anilines is 4. The van der Waals surface area contributed by atoms with E-state index in [-0.39, 0.29) is 48.2 Å². The molecule has 0 unspecified atom stereocenters. The van der Waals surface area contributed by atoms with Crippen LogP contribution in [-0.2, 0) is 20.9 Å². The highest BCUT2D eigenvalue weighted by molar-refractivity contribution is 6.06. The second-order valence-corrected chi connectivity index (χ2v) is 17.4. The molecule has 2 aliphatic heterocycles. The summed E-state index contributed by atoms with van der Waals surface area (Å²) in [7, 11) is 4.98. The monoisotopic (exact) mass is 826 g/mol. The lowest BCUT2D eigenvalue weighted by Crippen LogP contribution is -2.61. The van der Waals surface area contributed by atoms with Gasteiger partial charge in [-0.25, -0.2) is 9.78 Å². The molecule has 4 heterocycles. The lowest BCUT2D eigenvalue weighted by molar-refractivity contribution is -0.138. The van der Waals surface area contributed by atoms with E-state index in [1.807, 2.05) is 45.9 Å². The Morgan fingerprint density at radius 2 is 1.73 bits per heavy atom. The van der Waals surface area contributed by atoms with Gasteiger partial charge in [-0.05, 0) is 95.2 Å². The molecule has 4 N–H and O–H groups in total. The van der Waals surface area contributed by atoms with Gasteiger partial charge in [0.1, 0.15) is 17.4 Å². The number of pyridine rings is 1. The summed E-state index contributed by atoms with van der Waals surface area (Å²) in [4.78, 5) is 88.2. The molecule has 0 spiro atoms. The van der Waals surface area contributed by atoms with E-state index in [0.717, 1.165) is 35.3 Å². The number of nitrogens with one attached hydrogen (secondary N) is 4. The lowest BCUT2D eigenvalue weighted by atomic mass is 9.97. The number of aromatic nitrogens is 3. The van der Waals surface area contributed by atoms with Gasteiger partial charge in [0.2, 0.25) is 23.7 Å². The minimum absolute atomic E-state index is 0.0769. The molecule has 0 bridgehead atoms. The molecule has 2 aromatic heterocycles. The quantitative estimate of drug-likeness (QED) is 0.154. The predicted octanol–water partition coefficient (Wildman–Crippen LogP) is 4.93. The van der Waals surface area contributed by atoms with Crippen molar-refractivity contribution in [1.29, 1.82) is 0 Å². The van der Waals surface area contributed by atoms with Crippen LogP contribution in [0, 0.1) is 25.7 Å². The molecule has 3 aromatic rings. The van der Waals surface area contributed by atoms with Crippen LogP contribution in [0.15, 0.2) is 42.7 Å². The van der Waals surface area contributed by atoms with Gasteiger partial charge in [-0.1, -0.05) is 40.2 Å². The molecular weight excluding hydrogens is 763 g/mol. The van der Waals surface area contributed by atoms with Crippen molar-refractivity contribution in [2.24, 2.45) is 11.8 Å². The lowest BCUT2D eigenvalue weighted by Gasteiger charge is -2.35. The molecule has 60 heavy (non-hydrogen) atoms. The van der Waals surface area contributed by atoms with Crippen molar-refractivity contribution in [3.05, 3.63) is 65.1 Å². The number of carbonyl (C=O) groups is 5. The Balaban J connectivity index is 1.27. The minimum atomic E-state index is -1.28. The second kappa shape index (κ2) is 19.2. The largest absolute Gasteiger partial charge is 0.348 e. The first-order valence-corrected chi connectivity index (χ1v) is 20.9. The maximum Gasteiger partial charge on any atom is 0.330 e. The molecule has 324 valence electrons. The van der Waals surface area contributed by atoms with E-state index in [0.29, 0.717) is 48.9 Å². The number of amides is 6. The first-order valence-electron chi connectivity index (χ1n) is 20.9. The van der Waals surface area contributed by atoms with Crippen LogP contribution in [-0.4, -0.2) is 112 Å². The van der Waals surface area contributed by atoms with E-state index >= 15 is 0 Å². The molecule has 1 saturated heterocycles. The van der Waals surface area contributed by atoms with Gasteiger partial charge in [-0.15, -0.1) is 0 Å². The molecule has 1 fully saturated rings. The average Bonchev–Trinajstić information content (AvgIpc) is 3.67. The van der Waals surface area contributed by atoms with Gasteiger partial charge in [0, 0.05) is 62.4 Å². The van der Waals surface area contributed by atoms with Crippen LogP contribution in [0.1, 0.15) is 94.4 Å². The summed E-state index contributed by atoms with van der Waals surface area (Å²) in [5, 5.41) is 12.2. The summed E-state index contributed by atoms with van der Waals surface area (Å²) in [6, 6.07) is 7.31. The normalized spacial score (nSPS) is 17.1. The minimum Gasteiger partial charge on any atom is -0.348 e. The van der Waals surface area contributed by atoms with Gasteiger partial charge in [-0.3, -0.25) is 38.9 Å². The van der Waals surface area contributed by atoms with Crippen LogP contribution in [0.25, 0.3) is 0 Å².